The summed E-state index contributed by atoms with van der Waals surface area (Å²) in [5, 5.41) is 4.54. The van der Waals surface area contributed by atoms with Gasteiger partial charge in [0.25, 0.3) is 0 Å². The van der Waals surface area contributed by atoms with E-state index in [1.807, 2.05) is 0 Å². The van der Waals surface area contributed by atoms with Gasteiger partial charge in [-0.2, -0.15) is 0 Å². The Hall–Kier alpha value is -0.310. The lowest BCUT2D eigenvalue weighted by molar-refractivity contribution is 0.176. The number of likely N-dealkylation sites (tertiary alicyclic amines) is 1. The van der Waals surface area contributed by atoms with Gasteiger partial charge in [-0.15, -0.1) is 0 Å². The van der Waals surface area contributed by atoms with Gasteiger partial charge < -0.3 is 10.2 Å². The summed E-state index contributed by atoms with van der Waals surface area (Å²) in [5.41, 5.74) is 0.430. The van der Waals surface area contributed by atoms with E-state index in [2.05, 4.69) is 24.1 Å². The molecule has 2 aliphatic rings. The third-order valence-corrected chi connectivity index (χ3v) is 4.25. The fourth-order valence-electron chi connectivity index (χ4n) is 2.93. The summed E-state index contributed by atoms with van der Waals surface area (Å²) in [6.45, 7) is 6.95. The Bertz CT molecular complexity index is 257. The highest BCUT2D eigenvalue weighted by molar-refractivity contribution is 7.80. The molecule has 92 valence electrons. The Morgan fingerprint density at radius 2 is 1.94 bits per heavy atom. The summed E-state index contributed by atoms with van der Waals surface area (Å²) >= 11 is 5.53. The van der Waals surface area contributed by atoms with Crippen LogP contribution in [0.2, 0.25) is 0 Å². The van der Waals surface area contributed by atoms with E-state index in [4.69, 9.17) is 12.2 Å². The monoisotopic (exact) mass is 240 g/mol. The van der Waals surface area contributed by atoms with Crippen LogP contribution in [0.5, 0.6) is 0 Å². The van der Waals surface area contributed by atoms with Crippen molar-refractivity contribution in [1.82, 2.24) is 10.2 Å². The molecule has 0 spiro atoms. The Balaban J connectivity index is 1.84. The van der Waals surface area contributed by atoms with Gasteiger partial charge in [0.2, 0.25) is 0 Å². The molecular weight excluding hydrogens is 216 g/mol. The van der Waals surface area contributed by atoms with Gasteiger partial charge in [-0.05, 0) is 43.3 Å². The predicted molar refractivity (Wildman–Crippen MR) is 72.6 cm³/mol. The standard InChI is InChI=1S/C13H24N2S/c1-13(2)8-5-9-15(10-13)12(16)14-11-6-3-4-7-11/h11H,3-10H2,1-2H3,(H,14,16). The fraction of sp³-hybridized carbons (Fsp3) is 0.923. The van der Waals surface area contributed by atoms with Crippen molar-refractivity contribution in [3.8, 4) is 0 Å². The van der Waals surface area contributed by atoms with Gasteiger partial charge in [0, 0.05) is 19.1 Å². The SMILES string of the molecule is CC1(C)CCCN(C(=S)NC2CCCC2)C1. The van der Waals surface area contributed by atoms with Gasteiger partial charge in [0.15, 0.2) is 5.11 Å². The first-order valence-corrected chi connectivity index (χ1v) is 7.03. The Morgan fingerprint density at radius 3 is 2.56 bits per heavy atom. The maximum Gasteiger partial charge on any atom is 0.169 e. The van der Waals surface area contributed by atoms with Gasteiger partial charge in [0.1, 0.15) is 0 Å². The molecule has 0 amide bonds. The molecule has 0 atom stereocenters. The van der Waals surface area contributed by atoms with Crippen LogP contribution in [0.4, 0.5) is 0 Å². The van der Waals surface area contributed by atoms with Crippen molar-refractivity contribution in [2.24, 2.45) is 5.41 Å². The van der Waals surface area contributed by atoms with Crippen LogP contribution in [0.25, 0.3) is 0 Å². The zero-order valence-electron chi connectivity index (χ0n) is 10.6. The molecule has 0 radical (unpaired) electrons. The number of hydrogen-bond donors (Lipinski definition) is 1. The van der Waals surface area contributed by atoms with E-state index in [9.17, 15) is 0 Å². The minimum atomic E-state index is 0.430. The van der Waals surface area contributed by atoms with Crippen LogP contribution in [-0.4, -0.2) is 29.1 Å². The van der Waals surface area contributed by atoms with Crippen LogP contribution in [-0.2, 0) is 0 Å². The summed E-state index contributed by atoms with van der Waals surface area (Å²) in [5.74, 6) is 0. The quantitative estimate of drug-likeness (QED) is 0.710. The largest absolute Gasteiger partial charge is 0.360 e. The van der Waals surface area contributed by atoms with Crippen LogP contribution < -0.4 is 5.32 Å². The van der Waals surface area contributed by atoms with Gasteiger partial charge >= 0.3 is 0 Å². The second-order valence-electron chi connectivity index (χ2n) is 6.12. The molecular formula is C13H24N2S. The Kier molecular flexibility index (Phi) is 3.73. The van der Waals surface area contributed by atoms with Gasteiger partial charge in [-0.1, -0.05) is 26.7 Å². The molecule has 0 aromatic heterocycles. The van der Waals surface area contributed by atoms with Crippen molar-refractivity contribution in [2.45, 2.75) is 58.4 Å². The second-order valence-corrected chi connectivity index (χ2v) is 6.51. The average Bonchev–Trinajstić information content (AvgIpc) is 2.69. The molecule has 3 heteroatoms. The number of hydrogen-bond acceptors (Lipinski definition) is 1. The molecule has 2 fully saturated rings. The fourth-order valence-corrected chi connectivity index (χ4v) is 3.26. The summed E-state index contributed by atoms with van der Waals surface area (Å²) in [6, 6.07) is 0.650. The first-order valence-electron chi connectivity index (χ1n) is 6.62. The first-order chi connectivity index (χ1) is 7.57. The normalized spacial score (nSPS) is 25.8. The molecule has 2 rings (SSSR count). The second kappa shape index (κ2) is 4.91. The molecule has 1 saturated heterocycles. The van der Waals surface area contributed by atoms with Crippen molar-refractivity contribution >= 4 is 17.3 Å². The number of nitrogens with one attached hydrogen (secondary N) is 1. The minimum absolute atomic E-state index is 0.430. The van der Waals surface area contributed by atoms with Crippen molar-refractivity contribution in [1.29, 1.82) is 0 Å². The predicted octanol–water partition coefficient (Wildman–Crippen LogP) is 2.93. The van der Waals surface area contributed by atoms with E-state index < -0.39 is 0 Å². The average molecular weight is 240 g/mol. The van der Waals surface area contributed by atoms with Gasteiger partial charge in [-0.25, -0.2) is 0 Å². The van der Waals surface area contributed by atoms with Crippen LogP contribution >= 0.6 is 12.2 Å². The highest BCUT2D eigenvalue weighted by Gasteiger charge is 2.28. The molecule has 0 bridgehead atoms. The molecule has 1 aliphatic carbocycles. The zero-order chi connectivity index (χ0) is 11.6. The lowest BCUT2D eigenvalue weighted by Gasteiger charge is -2.40. The molecule has 1 saturated carbocycles. The van der Waals surface area contributed by atoms with Crippen LogP contribution in [0, 0.1) is 5.41 Å². The molecule has 0 unspecified atom stereocenters. The van der Waals surface area contributed by atoms with E-state index >= 15 is 0 Å². The number of rotatable bonds is 1. The molecule has 0 aromatic rings. The van der Waals surface area contributed by atoms with E-state index in [0.717, 1.165) is 18.2 Å². The van der Waals surface area contributed by atoms with E-state index in [0.29, 0.717) is 11.5 Å². The highest BCUT2D eigenvalue weighted by Crippen LogP contribution is 2.28. The Morgan fingerprint density at radius 1 is 1.25 bits per heavy atom. The minimum Gasteiger partial charge on any atom is -0.360 e. The summed E-state index contributed by atoms with van der Waals surface area (Å²) in [4.78, 5) is 2.37. The third kappa shape index (κ3) is 3.09. The summed E-state index contributed by atoms with van der Waals surface area (Å²) < 4.78 is 0. The Labute approximate surface area is 105 Å². The summed E-state index contributed by atoms with van der Waals surface area (Å²) in [6.07, 6.45) is 7.95. The zero-order valence-corrected chi connectivity index (χ0v) is 11.4. The maximum atomic E-state index is 5.53. The number of thiocarbonyl (C=S) groups is 1. The van der Waals surface area contributed by atoms with Crippen LogP contribution in [0.1, 0.15) is 52.4 Å². The van der Waals surface area contributed by atoms with Gasteiger partial charge in [0.05, 0.1) is 0 Å². The smallest absolute Gasteiger partial charge is 0.169 e. The number of nitrogens with zero attached hydrogens (tertiary/aromatic N) is 1. The lowest BCUT2D eigenvalue weighted by Crippen LogP contribution is -2.49. The molecule has 16 heavy (non-hydrogen) atoms. The van der Waals surface area contributed by atoms with E-state index in [-0.39, 0.29) is 0 Å². The third-order valence-electron chi connectivity index (χ3n) is 3.87. The summed E-state index contributed by atoms with van der Waals surface area (Å²) in [7, 11) is 0. The van der Waals surface area contributed by atoms with Gasteiger partial charge in [-0.3, -0.25) is 0 Å². The topological polar surface area (TPSA) is 15.3 Å². The van der Waals surface area contributed by atoms with E-state index in [1.54, 1.807) is 0 Å². The number of piperidine rings is 1. The highest BCUT2D eigenvalue weighted by atomic mass is 32.1. The molecule has 2 nitrogen and oxygen atoms in total. The van der Waals surface area contributed by atoms with Crippen LogP contribution in [0.3, 0.4) is 0 Å². The van der Waals surface area contributed by atoms with Crippen molar-refractivity contribution in [3.05, 3.63) is 0 Å². The maximum absolute atomic E-state index is 5.53. The lowest BCUT2D eigenvalue weighted by atomic mass is 9.84. The first kappa shape index (κ1) is 12.2. The van der Waals surface area contributed by atoms with Crippen molar-refractivity contribution in [2.75, 3.05) is 13.1 Å². The van der Waals surface area contributed by atoms with Crippen molar-refractivity contribution < 1.29 is 0 Å². The van der Waals surface area contributed by atoms with Crippen LogP contribution in [0.15, 0.2) is 0 Å². The molecule has 1 N–H and O–H groups in total. The van der Waals surface area contributed by atoms with E-state index in [1.165, 1.54) is 38.5 Å². The molecule has 0 aromatic carbocycles. The molecule has 1 heterocycles. The molecule has 1 aliphatic heterocycles. The van der Waals surface area contributed by atoms with Crippen molar-refractivity contribution in [3.63, 3.8) is 0 Å².